The number of nitrogens with zero attached hydrogens (tertiary/aromatic N) is 5. The van der Waals surface area contributed by atoms with E-state index < -0.39 is 0 Å². The maximum atomic E-state index is 13.4. The van der Waals surface area contributed by atoms with Gasteiger partial charge in [0.15, 0.2) is 11.5 Å². The van der Waals surface area contributed by atoms with Crippen LogP contribution in [0.15, 0.2) is 47.8 Å². The summed E-state index contributed by atoms with van der Waals surface area (Å²) in [5, 5.41) is 4.06. The number of aryl methyl sites for hydroxylation is 1. The maximum Gasteiger partial charge on any atom is 0.213 e. The fourth-order valence-corrected chi connectivity index (χ4v) is 3.33. The second-order valence-corrected chi connectivity index (χ2v) is 6.60. The van der Waals surface area contributed by atoms with Crippen molar-refractivity contribution in [3.63, 3.8) is 0 Å². The van der Waals surface area contributed by atoms with E-state index in [-0.39, 0.29) is 17.1 Å². The normalized spacial score (nSPS) is 12.0. The van der Waals surface area contributed by atoms with E-state index in [4.69, 9.17) is 29.0 Å². The Hall–Kier alpha value is -3.59. The van der Waals surface area contributed by atoms with E-state index >= 15 is 0 Å². The molecule has 0 bridgehead atoms. The molecule has 142 valence electrons. The summed E-state index contributed by atoms with van der Waals surface area (Å²) in [4.78, 5) is 8.70. The Morgan fingerprint density at radius 1 is 1.18 bits per heavy atom. The van der Waals surface area contributed by atoms with Crippen LogP contribution >= 0.6 is 11.6 Å². The Bertz CT molecular complexity index is 1270. The first-order valence-electron chi connectivity index (χ1n) is 8.21. The number of benzene rings is 1. The van der Waals surface area contributed by atoms with Crippen molar-refractivity contribution in [1.29, 1.82) is 0 Å². The molecule has 6 N–H and O–H groups in total. The highest BCUT2D eigenvalue weighted by molar-refractivity contribution is 6.33. The van der Waals surface area contributed by atoms with Crippen LogP contribution < -0.4 is 22.9 Å². The lowest BCUT2D eigenvalue weighted by molar-refractivity contribution is 0.628. The Kier molecular flexibility index (Phi) is 4.16. The molecule has 0 radical (unpaired) electrons. The molecule has 0 spiro atoms. The molecule has 0 atom stereocenters. The van der Waals surface area contributed by atoms with Gasteiger partial charge in [-0.2, -0.15) is 5.10 Å². The van der Waals surface area contributed by atoms with Crippen molar-refractivity contribution < 1.29 is 4.39 Å². The smallest absolute Gasteiger partial charge is 0.213 e. The van der Waals surface area contributed by atoms with Crippen molar-refractivity contribution in [2.24, 2.45) is 10.9 Å². The van der Waals surface area contributed by atoms with Crippen LogP contribution in [0.2, 0.25) is 5.02 Å². The Labute approximate surface area is 163 Å². The molecule has 10 heteroatoms. The number of hydrogen-bond acceptors (Lipinski definition) is 6. The highest BCUT2D eigenvalue weighted by Crippen LogP contribution is 2.32. The van der Waals surface area contributed by atoms with Gasteiger partial charge in [0, 0.05) is 29.2 Å². The summed E-state index contributed by atoms with van der Waals surface area (Å²) >= 11 is 6.43. The molecule has 28 heavy (non-hydrogen) atoms. The summed E-state index contributed by atoms with van der Waals surface area (Å²) in [5.74, 6) is 11.4. The summed E-state index contributed by atoms with van der Waals surface area (Å²) < 4.78 is 16.5. The summed E-state index contributed by atoms with van der Waals surface area (Å²) in [6.07, 6.45) is 3.54. The van der Waals surface area contributed by atoms with Gasteiger partial charge >= 0.3 is 0 Å². The topological polar surface area (TPSA) is 126 Å². The monoisotopic (exact) mass is 398 g/mol. The number of fused-ring (bicyclic) bond motifs is 1. The first-order chi connectivity index (χ1) is 13.4. The van der Waals surface area contributed by atoms with Gasteiger partial charge in [-0.15, -0.1) is 0 Å². The molecule has 0 saturated heterocycles. The van der Waals surface area contributed by atoms with Crippen LogP contribution in [-0.4, -0.2) is 19.0 Å². The van der Waals surface area contributed by atoms with E-state index in [2.05, 4.69) is 15.1 Å². The number of nitrogens with two attached hydrogens (primary N) is 3. The van der Waals surface area contributed by atoms with Gasteiger partial charge in [0.1, 0.15) is 5.82 Å². The van der Waals surface area contributed by atoms with E-state index in [1.807, 2.05) is 17.5 Å². The van der Waals surface area contributed by atoms with Crippen LogP contribution in [0.1, 0.15) is 5.69 Å². The first kappa shape index (κ1) is 17.8. The van der Waals surface area contributed by atoms with Crippen molar-refractivity contribution in [2.45, 2.75) is 6.92 Å². The first-order valence-corrected chi connectivity index (χ1v) is 8.59. The molecule has 8 nitrogen and oxygen atoms in total. The minimum atomic E-state index is -0.369. The average Bonchev–Trinajstić information content (AvgIpc) is 3.04. The third-order valence-electron chi connectivity index (χ3n) is 4.41. The van der Waals surface area contributed by atoms with Crippen LogP contribution in [0.4, 0.5) is 10.2 Å². The van der Waals surface area contributed by atoms with E-state index in [1.165, 1.54) is 16.8 Å². The van der Waals surface area contributed by atoms with Gasteiger partial charge in [0.05, 0.1) is 16.4 Å². The highest BCUT2D eigenvalue weighted by Gasteiger charge is 2.18. The lowest BCUT2D eigenvalue weighted by Crippen LogP contribution is -2.34. The second kappa shape index (κ2) is 6.54. The molecule has 0 amide bonds. The molecule has 1 aromatic carbocycles. The number of imidazole rings is 1. The Balaban J connectivity index is 2.10. The lowest BCUT2D eigenvalue weighted by Gasteiger charge is -2.16. The Morgan fingerprint density at radius 3 is 2.57 bits per heavy atom. The average molecular weight is 399 g/mol. The molecule has 0 aliphatic rings. The molecule has 0 fully saturated rings. The van der Waals surface area contributed by atoms with Crippen LogP contribution in [-0.2, 0) is 0 Å². The minimum Gasteiger partial charge on any atom is -0.380 e. The van der Waals surface area contributed by atoms with Gasteiger partial charge in [0.25, 0.3) is 0 Å². The van der Waals surface area contributed by atoms with Crippen molar-refractivity contribution >= 4 is 23.1 Å². The number of pyridine rings is 1. The zero-order valence-corrected chi connectivity index (χ0v) is 15.5. The molecule has 0 aliphatic carbocycles. The van der Waals surface area contributed by atoms with E-state index in [9.17, 15) is 4.39 Å². The van der Waals surface area contributed by atoms with Crippen LogP contribution in [0, 0.1) is 12.7 Å². The molecule has 4 rings (SSSR count). The van der Waals surface area contributed by atoms with Crippen molar-refractivity contribution in [2.75, 3.05) is 11.6 Å². The molecular formula is C18H16ClFN8. The van der Waals surface area contributed by atoms with Gasteiger partial charge in [-0.25, -0.2) is 19.0 Å². The fraction of sp³-hybridized carbons (Fsp3) is 0.0556. The number of rotatable bonds is 2. The van der Waals surface area contributed by atoms with Gasteiger partial charge in [-0.05, 0) is 37.3 Å². The quantitative estimate of drug-likeness (QED) is 0.352. The number of nitrogen functional groups attached to an aromatic ring is 2. The van der Waals surface area contributed by atoms with Crippen molar-refractivity contribution in [3.8, 4) is 22.5 Å². The highest BCUT2D eigenvalue weighted by atomic mass is 35.5. The Morgan fingerprint density at radius 2 is 1.89 bits per heavy atom. The zero-order chi connectivity index (χ0) is 20.0. The SMILES string of the molecule is Cc1cnc2c(Cl)cc(-c3c(-c4ccc(F)cc4)nc(N)/c(=N/N)n3N)cn12. The maximum absolute atomic E-state index is 13.4. The van der Waals surface area contributed by atoms with Gasteiger partial charge < -0.3 is 21.8 Å². The van der Waals surface area contributed by atoms with Crippen LogP contribution in [0.5, 0.6) is 0 Å². The van der Waals surface area contributed by atoms with Gasteiger partial charge in [-0.3, -0.25) is 0 Å². The number of hydrogen-bond donors (Lipinski definition) is 3. The van der Waals surface area contributed by atoms with Crippen molar-refractivity contribution in [1.82, 2.24) is 19.0 Å². The van der Waals surface area contributed by atoms with Crippen LogP contribution in [0.3, 0.4) is 0 Å². The zero-order valence-electron chi connectivity index (χ0n) is 14.8. The molecule has 3 aromatic heterocycles. The van der Waals surface area contributed by atoms with E-state index in [0.717, 1.165) is 5.69 Å². The molecule has 0 aliphatic heterocycles. The van der Waals surface area contributed by atoms with Crippen molar-refractivity contribution in [3.05, 3.63) is 64.7 Å². The summed E-state index contributed by atoms with van der Waals surface area (Å²) in [6, 6.07) is 7.54. The molecule has 0 saturated carbocycles. The molecular weight excluding hydrogens is 383 g/mol. The number of anilines is 1. The number of halogens is 2. The van der Waals surface area contributed by atoms with Crippen LogP contribution in [0.25, 0.3) is 28.2 Å². The predicted molar refractivity (Wildman–Crippen MR) is 106 cm³/mol. The van der Waals surface area contributed by atoms with E-state index in [0.29, 0.717) is 33.2 Å². The summed E-state index contributed by atoms with van der Waals surface area (Å²) in [6.45, 7) is 1.90. The molecule has 3 heterocycles. The third kappa shape index (κ3) is 2.72. The summed E-state index contributed by atoms with van der Waals surface area (Å²) in [7, 11) is 0. The van der Waals surface area contributed by atoms with E-state index in [1.54, 1.807) is 24.4 Å². The molecule has 4 aromatic rings. The van der Waals surface area contributed by atoms with Gasteiger partial charge in [0.2, 0.25) is 5.49 Å². The lowest BCUT2D eigenvalue weighted by atomic mass is 10.0. The number of aromatic nitrogens is 4. The standard InChI is InChI=1S/C18H16ClFN8/c1-9-7-24-17-13(19)6-11(8-27(9)17)15-14(10-2-4-12(20)5-3-10)25-16(21)18(26-22)28(15)23/h2-8H,22-23H2,1H3,(H2,21,25)/b26-18-. The minimum absolute atomic E-state index is 0.0408. The predicted octanol–water partition coefficient (Wildman–Crippen LogP) is 2.04. The fourth-order valence-electron chi connectivity index (χ4n) is 3.07. The third-order valence-corrected chi connectivity index (χ3v) is 4.69. The van der Waals surface area contributed by atoms with Gasteiger partial charge in [-0.1, -0.05) is 11.6 Å². The molecule has 0 unspecified atom stereocenters. The summed E-state index contributed by atoms with van der Waals surface area (Å²) in [5.41, 5.74) is 9.71. The largest absolute Gasteiger partial charge is 0.380 e. The second-order valence-electron chi connectivity index (χ2n) is 6.19.